The van der Waals surface area contributed by atoms with Crippen LogP contribution in [0.15, 0.2) is 93.8 Å². The van der Waals surface area contributed by atoms with Gasteiger partial charge in [-0.15, -0.1) is 0 Å². The fraction of sp³-hybridized carbons (Fsp3) is 0.222. The lowest BCUT2D eigenvalue weighted by Gasteiger charge is -2.27. The number of rotatable bonds is 7. The molecular weight excluding hydrogens is 478 g/mol. The molecule has 1 aromatic heterocycles. The number of aromatic nitrogens is 1. The molecule has 6 heteroatoms. The molecule has 5 nitrogen and oxygen atoms in total. The Balaban J connectivity index is 1.54. The van der Waals surface area contributed by atoms with E-state index in [1.807, 2.05) is 36.4 Å². The molecule has 5 rings (SSSR count). The van der Waals surface area contributed by atoms with Crippen LogP contribution < -0.4 is 10.2 Å². The first kappa shape index (κ1) is 21.7. The van der Waals surface area contributed by atoms with Gasteiger partial charge in [-0.3, -0.25) is 0 Å². The average molecular weight is 504 g/mol. The van der Waals surface area contributed by atoms with Gasteiger partial charge in [0.1, 0.15) is 11.7 Å². The predicted octanol–water partition coefficient (Wildman–Crippen LogP) is 6.07. The summed E-state index contributed by atoms with van der Waals surface area (Å²) in [4.78, 5) is 7.30. The second kappa shape index (κ2) is 10.2. The highest BCUT2D eigenvalue weighted by Gasteiger charge is 2.26. The zero-order chi connectivity index (χ0) is 22.5. The third-order valence-corrected chi connectivity index (χ3v) is 6.27. The Labute approximate surface area is 202 Å². The predicted molar refractivity (Wildman–Crippen MR) is 135 cm³/mol. The van der Waals surface area contributed by atoms with Crippen LogP contribution in [-0.2, 0) is 11.2 Å². The Hall–Kier alpha value is -3.09. The van der Waals surface area contributed by atoms with E-state index in [9.17, 15) is 0 Å². The number of halogens is 1. The number of ether oxygens (including phenoxy) is 1. The molecule has 168 valence electrons. The standard InChI is InChI=1S/C27H26BrN3O2/c28-22-11-13-23(14-12-22)29-25(21-9-5-2-6-10-21)26-30-24(19-20-7-3-1-4-8-20)27(33-26)31-15-17-32-18-16-31/h1-14,25,29H,15-19H2. The first-order valence-electron chi connectivity index (χ1n) is 11.2. The summed E-state index contributed by atoms with van der Waals surface area (Å²) >= 11 is 3.52. The molecule has 0 bridgehead atoms. The van der Waals surface area contributed by atoms with Gasteiger partial charge < -0.3 is 19.4 Å². The monoisotopic (exact) mass is 503 g/mol. The van der Waals surface area contributed by atoms with Crippen LogP contribution in [0.25, 0.3) is 0 Å². The van der Waals surface area contributed by atoms with Gasteiger partial charge in [-0.25, -0.2) is 4.98 Å². The minimum absolute atomic E-state index is 0.211. The lowest BCUT2D eigenvalue weighted by Crippen LogP contribution is -2.36. The van der Waals surface area contributed by atoms with Crippen LogP contribution in [0.2, 0.25) is 0 Å². The number of nitrogens with one attached hydrogen (secondary N) is 1. The highest BCUT2D eigenvalue weighted by Crippen LogP contribution is 2.33. The molecule has 0 spiro atoms. The van der Waals surface area contributed by atoms with Gasteiger partial charge in [0.2, 0.25) is 11.8 Å². The van der Waals surface area contributed by atoms with E-state index in [4.69, 9.17) is 14.1 Å². The van der Waals surface area contributed by atoms with E-state index < -0.39 is 0 Å². The molecule has 0 saturated carbocycles. The first-order chi connectivity index (χ1) is 16.3. The van der Waals surface area contributed by atoms with Crippen LogP contribution in [0.4, 0.5) is 11.6 Å². The normalized spacial score (nSPS) is 14.8. The Morgan fingerprint density at radius 2 is 1.55 bits per heavy atom. The van der Waals surface area contributed by atoms with E-state index in [1.54, 1.807) is 0 Å². The van der Waals surface area contributed by atoms with Crippen LogP contribution in [-0.4, -0.2) is 31.3 Å². The summed E-state index contributed by atoms with van der Waals surface area (Å²) in [6.07, 6.45) is 0.719. The molecule has 3 aromatic carbocycles. The molecule has 0 amide bonds. The number of morpholine rings is 1. The third kappa shape index (κ3) is 5.29. The number of benzene rings is 3. The molecular formula is C27H26BrN3O2. The molecule has 33 heavy (non-hydrogen) atoms. The number of anilines is 2. The molecule has 1 unspecified atom stereocenters. The van der Waals surface area contributed by atoms with Crippen molar-refractivity contribution in [2.45, 2.75) is 12.5 Å². The molecule has 1 atom stereocenters. The minimum Gasteiger partial charge on any atom is -0.422 e. The quantitative estimate of drug-likeness (QED) is 0.331. The second-order valence-corrected chi connectivity index (χ2v) is 8.98. The zero-order valence-corrected chi connectivity index (χ0v) is 19.9. The summed E-state index contributed by atoms with van der Waals surface area (Å²) in [5.41, 5.74) is 4.27. The van der Waals surface area contributed by atoms with Crippen LogP contribution >= 0.6 is 15.9 Å². The van der Waals surface area contributed by atoms with Gasteiger partial charge in [-0.1, -0.05) is 76.6 Å². The molecule has 4 aromatic rings. The van der Waals surface area contributed by atoms with Gasteiger partial charge in [0.25, 0.3) is 0 Å². The van der Waals surface area contributed by atoms with Crippen molar-refractivity contribution in [2.75, 3.05) is 36.5 Å². The molecule has 0 radical (unpaired) electrons. The number of oxazole rings is 1. The van der Waals surface area contributed by atoms with Gasteiger partial charge in [-0.2, -0.15) is 0 Å². The van der Waals surface area contributed by atoms with Crippen molar-refractivity contribution >= 4 is 27.5 Å². The summed E-state index contributed by atoms with van der Waals surface area (Å²) in [5, 5.41) is 3.63. The van der Waals surface area contributed by atoms with Crippen molar-refractivity contribution in [2.24, 2.45) is 0 Å². The fourth-order valence-electron chi connectivity index (χ4n) is 4.05. The Bertz CT molecular complexity index is 1160. The SMILES string of the molecule is Brc1ccc(NC(c2ccccc2)c2nc(Cc3ccccc3)c(N3CCOCC3)o2)cc1. The minimum atomic E-state index is -0.211. The molecule has 2 heterocycles. The van der Waals surface area contributed by atoms with Gasteiger partial charge >= 0.3 is 0 Å². The maximum absolute atomic E-state index is 6.53. The van der Waals surface area contributed by atoms with Crippen molar-refractivity contribution in [3.8, 4) is 0 Å². The highest BCUT2D eigenvalue weighted by molar-refractivity contribution is 9.10. The average Bonchev–Trinajstić information content (AvgIpc) is 3.28. The molecule has 1 saturated heterocycles. The summed E-state index contributed by atoms with van der Waals surface area (Å²) in [5.74, 6) is 1.51. The largest absolute Gasteiger partial charge is 0.422 e. The third-order valence-electron chi connectivity index (χ3n) is 5.74. The first-order valence-corrected chi connectivity index (χ1v) is 12.0. The molecule has 1 aliphatic rings. The van der Waals surface area contributed by atoms with Crippen molar-refractivity contribution in [1.82, 2.24) is 4.98 Å². The topological polar surface area (TPSA) is 50.5 Å². The Morgan fingerprint density at radius 1 is 0.879 bits per heavy atom. The van der Waals surface area contributed by atoms with Crippen molar-refractivity contribution in [1.29, 1.82) is 0 Å². The van der Waals surface area contributed by atoms with Gasteiger partial charge in [0, 0.05) is 29.7 Å². The number of nitrogens with zero attached hydrogens (tertiary/aromatic N) is 2. The van der Waals surface area contributed by atoms with E-state index >= 15 is 0 Å². The van der Waals surface area contributed by atoms with Crippen molar-refractivity contribution < 1.29 is 9.15 Å². The molecule has 1 N–H and O–H groups in total. The van der Waals surface area contributed by atoms with Crippen molar-refractivity contribution in [3.05, 3.63) is 112 Å². The number of hydrogen-bond donors (Lipinski definition) is 1. The van der Waals surface area contributed by atoms with E-state index in [0.29, 0.717) is 19.1 Å². The van der Waals surface area contributed by atoms with E-state index in [1.165, 1.54) is 5.56 Å². The maximum atomic E-state index is 6.53. The van der Waals surface area contributed by atoms with E-state index in [2.05, 4.69) is 74.7 Å². The van der Waals surface area contributed by atoms with Gasteiger partial charge in [0.05, 0.1) is 13.2 Å². The number of hydrogen-bond acceptors (Lipinski definition) is 5. The zero-order valence-electron chi connectivity index (χ0n) is 18.3. The molecule has 1 aliphatic heterocycles. The van der Waals surface area contributed by atoms with E-state index in [-0.39, 0.29) is 6.04 Å². The van der Waals surface area contributed by atoms with E-state index in [0.717, 1.165) is 46.8 Å². The summed E-state index contributed by atoms with van der Waals surface area (Å²) in [6, 6.07) is 28.7. The van der Waals surface area contributed by atoms with Crippen LogP contribution in [0.1, 0.15) is 28.8 Å². The summed E-state index contributed by atoms with van der Waals surface area (Å²) in [7, 11) is 0. The van der Waals surface area contributed by atoms with Gasteiger partial charge in [0.15, 0.2) is 0 Å². The van der Waals surface area contributed by atoms with Gasteiger partial charge in [-0.05, 0) is 35.4 Å². The van der Waals surface area contributed by atoms with Crippen molar-refractivity contribution in [3.63, 3.8) is 0 Å². The Kier molecular flexibility index (Phi) is 6.74. The smallest absolute Gasteiger partial charge is 0.224 e. The van der Waals surface area contributed by atoms with Crippen LogP contribution in [0, 0.1) is 0 Å². The Morgan fingerprint density at radius 3 is 2.24 bits per heavy atom. The fourth-order valence-corrected chi connectivity index (χ4v) is 4.31. The van der Waals surface area contributed by atoms with Crippen LogP contribution in [0.3, 0.4) is 0 Å². The highest BCUT2D eigenvalue weighted by atomic mass is 79.9. The molecule has 1 fully saturated rings. The summed E-state index contributed by atoms with van der Waals surface area (Å²) < 4.78 is 13.1. The summed E-state index contributed by atoms with van der Waals surface area (Å²) in [6.45, 7) is 2.99. The second-order valence-electron chi connectivity index (χ2n) is 8.06. The molecule has 0 aliphatic carbocycles. The lowest BCUT2D eigenvalue weighted by atomic mass is 10.1. The van der Waals surface area contributed by atoms with Crippen LogP contribution in [0.5, 0.6) is 0 Å². The maximum Gasteiger partial charge on any atom is 0.224 e. The lowest BCUT2D eigenvalue weighted by molar-refractivity contribution is 0.120.